The molecule has 23 heavy (non-hydrogen) atoms. The standard InChI is InChI=1S/C19H16N2S2/c1-13-2-7-17-18(10-13)23-19(21-17)15-3-5-16(6-4-15)20-11-14-8-9-22-12-14/h2-10,12,20H,11H2,1H3. The first-order valence-electron chi connectivity index (χ1n) is 7.50. The van der Waals surface area contributed by atoms with Crippen LogP contribution in [0, 0.1) is 6.92 Å². The zero-order valence-corrected chi connectivity index (χ0v) is 14.4. The van der Waals surface area contributed by atoms with Crippen molar-refractivity contribution in [2.75, 3.05) is 5.32 Å². The maximum atomic E-state index is 4.74. The van der Waals surface area contributed by atoms with Crippen molar-refractivity contribution in [2.24, 2.45) is 0 Å². The van der Waals surface area contributed by atoms with Gasteiger partial charge in [0.15, 0.2) is 0 Å². The van der Waals surface area contributed by atoms with Gasteiger partial charge < -0.3 is 5.32 Å². The number of rotatable bonds is 4. The third-order valence-electron chi connectivity index (χ3n) is 3.75. The maximum Gasteiger partial charge on any atom is 0.124 e. The first kappa shape index (κ1) is 14.4. The number of thiophene rings is 1. The van der Waals surface area contributed by atoms with Gasteiger partial charge in [-0.05, 0) is 71.3 Å². The van der Waals surface area contributed by atoms with Gasteiger partial charge in [0.2, 0.25) is 0 Å². The highest BCUT2D eigenvalue weighted by Gasteiger charge is 2.06. The van der Waals surface area contributed by atoms with Crippen LogP contribution in [0.1, 0.15) is 11.1 Å². The maximum absolute atomic E-state index is 4.74. The van der Waals surface area contributed by atoms with E-state index in [1.807, 2.05) is 0 Å². The average molecular weight is 336 g/mol. The summed E-state index contributed by atoms with van der Waals surface area (Å²) in [6.45, 7) is 2.98. The number of thiazole rings is 1. The van der Waals surface area contributed by atoms with Gasteiger partial charge in [-0.25, -0.2) is 4.98 Å². The lowest BCUT2D eigenvalue weighted by atomic mass is 10.2. The van der Waals surface area contributed by atoms with Crippen molar-refractivity contribution in [3.63, 3.8) is 0 Å². The quantitative estimate of drug-likeness (QED) is 0.498. The highest BCUT2D eigenvalue weighted by molar-refractivity contribution is 7.21. The molecule has 0 spiro atoms. The highest BCUT2D eigenvalue weighted by Crippen LogP contribution is 2.31. The lowest BCUT2D eigenvalue weighted by molar-refractivity contribution is 1.16. The summed E-state index contributed by atoms with van der Waals surface area (Å²) in [5.41, 5.74) is 5.98. The number of fused-ring (bicyclic) bond motifs is 1. The number of benzene rings is 2. The number of nitrogens with one attached hydrogen (secondary N) is 1. The summed E-state index contributed by atoms with van der Waals surface area (Å²) in [6, 6.07) is 17.1. The number of aromatic nitrogens is 1. The third kappa shape index (κ3) is 3.14. The van der Waals surface area contributed by atoms with Crippen LogP contribution in [0.15, 0.2) is 59.3 Å². The lowest BCUT2D eigenvalue weighted by Gasteiger charge is -2.05. The molecule has 2 aromatic carbocycles. The molecule has 2 nitrogen and oxygen atoms in total. The van der Waals surface area contributed by atoms with Crippen molar-refractivity contribution in [3.8, 4) is 10.6 Å². The molecule has 0 aliphatic heterocycles. The molecule has 2 heterocycles. The Balaban J connectivity index is 1.54. The minimum Gasteiger partial charge on any atom is -0.381 e. The molecule has 2 aromatic heterocycles. The molecular weight excluding hydrogens is 320 g/mol. The number of hydrogen-bond donors (Lipinski definition) is 1. The van der Waals surface area contributed by atoms with Gasteiger partial charge in [-0.3, -0.25) is 0 Å². The van der Waals surface area contributed by atoms with E-state index in [0.717, 1.165) is 22.8 Å². The fourth-order valence-electron chi connectivity index (χ4n) is 2.48. The predicted molar refractivity (Wildman–Crippen MR) is 101 cm³/mol. The molecule has 0 bridgehead atoms. The Labute approximate surface area is 143 Å². The first-order valence-corrected chi connectivity index (χ1v) is 9.26. The number of nitrogens with zero attached hydrogens (tertiary/aromatic N) is 1. The predicted octanol–water partition coefficient (Wildman–Crippen LogP) is 5.95. The minimum atomic E-state index is 0.864. The number of anilines is 1. The van der Waals surface area contributed by atoms with Crippen LogP contribution >= 0.6 is 22.7 Å². The first-order chi connectivity index (χ1) is 11.3. The Morgan fingerprint density at radius 3 is 2.70 bits per heavy atom. The van der Waals surface area contributed by atoms with E-state index in [0.29, 0.717) is 0 Å². The SMILES string of the molecule is Cc1ccc2nc(-c3ccc(NCc4ccsc4)cc3)sc2c1. The Bertz CT molecular complexity index is 922. The lowest BCUT2D eigenvalue weighted by Crippen LogP contribution is -1.97. The summed E-state index contributed by atoms with van der Waals surface area (Å²) in [4.78, 5) is 4.74. The number of aryl methyl sites for hydroxylation is 1. The normalized spacial score (nSPS) is 11.0. The monoisotopic (exact) mass is 336 g/mol. The van der Waals surface area contributed by atoms with E-state index in [1.165, 1.54) is 21.4 Å². The molecule has 0 saturated carbocycles. The van der Waals surface area contributed by atoms with Gasteiger partial charge >= 0.3 is 0 Å². The second-order valence-corrected chi connectivity index (χ2v) is 7.36. The van der Waals surface area contributed by atoms with Gasteiger partial charge in [0, 0.05) is 17.8 Å². The third-order valence-corrected chi connectivity index (χ3v) is 5.55. The van der Waals surface area contributed by atoms with Crippen molar-refractivity contribution >= 4 is 38.6 Å². The molecule has 4 rings (SSSR count). The second kappa shape index (κ2) is 6.14. The van der Waals surface area contributed by atoms with E-state index >= 15 is 0 Å². The fourth-order valence-corrected chi connectivity index (χ4v) is 4.22. The molecule has 0 aliphatic carbocycles. The van der Waals surface area contributed by atoms with Crippen LogP contribution in [-0.2, 0) is 6.54 Å². The second-order valence-electron chi connectivity index (χ2n) is 5.55. The molecule has 0 unspecified atom stereocenters. The molecule has 4 aromatic rings. The molecular formula is C19H16N2S2. The van der Waals surface area contributed by atoms with E-state index in [-0.39, 0.29) is 0 Å². The van der Waals surface area contributed by atoms with Crippen LogP contribution in [0.5, 0.6) is 0 Å². The van der Waals surface area contributed by atoms with Crippen LogP contribution in [-0.4, -0.2) is 4.98 Å². The molecule has 1 N–H and O–H groups in total. The van der Waals surface area contributed by atoms with Gasteiger partial charge in [0.1, 0.15) is 5.01 Å². The van der Waals surface area contributed by atoms with Crippen LogP contribution < -0.4 is 5.32 Å². The zero-order chi connectivity index (χ0) is 15.6. The summed E-state index contributed by atoms with van der Waals surface area (Å²) >= 11 is 3.48. The van der Waals surface area contributed by atoms with Crippen molar-refractivity contribution in [3.05, 3.63) is 70.4 Å². The van der Waals surface area contributed by atoms with E-state index in [1.54, 1.807) is 22.7 Å². The van der Waals surface area contributed by atoms with Crippen molar-refractivity contribution in [1.29, 1.82) is 0 Å². The molecule has 0 saturated heterocycles. The summed E-state index contributed by atoms with van der Waals surface area (Å²) in [5, 5.41) is 8.81. The Kier molecular flexibility index (Phi) is 3.85. The Morgan fingerprint density at radius 1 is 1.04 bits per heavy atom. The van der Waals surface area contributed by atoms with Gasteiger partial charge in [0.05, 0.1) is 10.2 Å². The van der Waals surface area contributed by atoms with Crippen molar-refractivity contribution < 1.29 is 0 Å². The van der Waals surface area contributed by atoms with Crippen molar-refractivity contribution in [2.45, 2.75) is 13.5 Å². The van der Waals surface area contributed by atoms with Gasteiger partial charge in [-0.2, -0.15) is 11.3 Å². The molecule has 0 amide bonds. The van der Waals surface area contributed by atoms with Crippen LogP contribution in [0.25, 0.3) is 20.8 Å². The topological polar surface area (TPSA) is 24.9 Å². The average Bonchev–Trinajstić information content (AvgIpc) is 3.22. The van der Waals surface area contributed by atoms with E-state index in [4.69, 9.17) is 4.98 Å². The molecule has 0 radical (unpaired) electrons. The fraction of sp³-hybridized carbons (Fsp3) is 0.105. The van der Waals surface area contributed by atoms with E-state index in [2.05, 4.69) is 71.5 Å². The van der Waals surface area contributed by atoms with Crippen LogP contribution in [0.4, 0.5) is 5.69 Å². The zero-order valence-electron chi connectivity index (χ0n) is 12.7. The Hall–Kier alpha value is -2.17. The number of hydrogen-bond acceptors (Lipinski definition) is 4. The summed E-state index contributed by atoms with van der Waals surface area (Å²) in [5.74, 6) is 0. The smallest absolute Gasteiger partial charge is 0.124 e. The molecule has 114 valence electrons. The highest BCUT2D eigenvalue weighted by atomic mass is 32.1. The Morgan fingerprint density at radius 2 is 1.91 bits per heavy atom. The van der Waals surface area contributed by atoms with E-state index < -0.39 is 0 Å². The van der Waals surface area contributed by atoms with Gasteiger partial charge in [-0.1, -0.05) is 6.07 Å². The van der Waals surface area contributed by atoms with Crippen LogP contribution in [0.2, 0.25) is 0 Å². The largest absolute Gasteiger partial charge is 0.381 e. The molecule has 0 fully saturated rings. The van der Waals surface area contributed by atoms with E-state index in [9.17, 15) is 0 Å². The summed E-state index contributed by atoms with van der Waals surface area (Å²) in [6.07, 6.45) is 0. The van der Waals surface area contributed by atoms with Gasteiger partial charge in [-0.15, -0.1) is 11.3 Å². The summed E-state index contributed by atoms with van der Waals surface area (Å²) < 4.78 is 1.25. The molecule has 0 aliphatic rings. The van der Waals surface area contributed by atoms with Crippen molar-refractivity contribution in [1.82, 2.24) is 4.98 Å². The van der Waals surface area contributed by atoms with Crippen LogP contribution in [0.3, 0.4) is 0 Å². The van der Waals surface area contributed by atoms with Gasteiger partial charge in [0.25, 0.3) is 0 Å². The molecule has 0 atom stereocenters. The summed E-state index contributed by atoms with van der Waals surface area (Å²) in [7, 11) is 0. The molecule has 4 heteroatoms. The minimum absolute atomic E-state index is 0.864.